The van der Waals surface area contributed by atoms with Gasteiger partial charge in [-0.05, 0) is 11.5 Å². The molecule has 0 bridgehead atoms. The molecule has 1 saturated heterocycles. The zero-order valence-corrected chi connectivity index (χ0v) is 10.9. The largest absolute Gasteiger partial charge is 0.477 e. The maximum Gasteiger partial charge on any atom is 0.354 e. The van der Waals surface area contributed by atoms with Gasteiger partial charge in [0, 0.05) is 5.39 Å². The highest BCUT2D eigenvalue weighted by Crippen LogP contribution is 2.26. The predicted molar refractivity (Wildman–Crippen MR) is 74.1 cm³/mol. The molecule has 0 aliphatic carbocycles. The van der Waals surface area contributed by atoms with Crippen molar-refractivity contribution in [2.75, 3.05) is 18.0 Å². The summed E-state index contributed by atoms with van der Waals surface area (Å²) < 4.78 is 0. The second-order valence-corrected chi connectivity index (χ2v) is 4.68. The van der Waals surface area contributed by atoms with E-state index in [2.05, 4.69) is 10.3 Å². The van der Waals surface area contributed by atoms with Gasteiger partial charge >= 0.3 is 5.97 Å². The molecule has 21 heavy (non-hydrogen) atoms. The minimum atomic E-state index is -1.16. The Morgan fingerprint density at radius 3 is 2.52 bits per heavy atom. The number of carboxylic acid groups (broad SMARTS) is 1. The molecular formula is C14H11N3O4. The molecule has 1 fully saturated rings. The van der Waals surface area contributed by atoms with Crippen molar-refractivity contribution >= 4 is 34.4 Å². The number of hydrogen-bond acceptors (Lipinski definition) is 5. The van der Waals surface area contributed by atoms with Gasteiger partial charge in [0.05, 0.1) is 13.1 Å². The number of carbonyl (C=O) groups excluding carboxylic acids is 2. The number of carbonyl (C=O) groups is 3. The minimum absolute atomic E-state index is 0.0359. The highest BCUT2D eigenvalue weighted by Gasteiger charge is 2.25. The van der Waals surface area contributed by atoms with E-state index in [1.807, 2.05) is 0 Å². The number of hydrogen-bond donors (Lipinski definition) is 2. The van der Waals surface area contributed by atoms with Gasteiger partial charge in [-0.2, -0.15) is 0 Å². The number of pyridine rings is 1. The van der Waals surface area contributed by atoms with Gasteiger partial charge in [-0.3, -0.25) is 14.9 Å². The third-order valence-corrected chi connectivity index (χ3v) is 3.19. The summed E-state index contributed by atoms with van der Waals surface area (Å²) in [6.07, 6.45) is 0. The van der Waals surface area contributed by atoms with Crippen LogP contribution in [0.15, 0.2) is 30.3 Å². The van der Waals surface area contributed by atoms with E-state index in [1.165, 1.54) is 11.0 Å². The quantitative estimate of drug-likeness (QED) is 0.775. The summed E-state index contributed by atoms with van der Waals surface area (Å²) in [6.45, 7) is -0.0718. The molecule has 2 N–H and O–H groups in total. The van der Waals surface area contributed by atoms with Crippen LogP contribution in [0.2, 0.25) is 0 Å². The van der Waals surface area contributed by atoms with Gasteiger partial charge in [0.2, 0.25) is 11.8 Å². The molecular weight excluding hydrogens is 274 g/mol. The van der Waals surface area contributed by atoms with Crippen molar-refractivity contribution < 1.29 is 19.5 Å². The van der Waals surface area contributed by atoms with Crippen LogP contribution >= 0.6 is 0 Å². The summed E-state index contributed by atoms with van der Waals surface area (Å²) >= 11 is 0. The first-order chi connectivity index (χ1) is 10.0. The van der Waals surface area contributed by atoms with E-state index in [0.29, 0.717) is 16.6 Å². The maximum atomic E-state index is 11.5. The Bertz CT molecular complexity index is 756. The Balaban J connectivity index is 2.17. The number of nitrogens with one attached hydrogen (secondary N) is 1. The first-order valence-corrected chi connectivity index (χ1v) is 6.25. The Morgan fingerprint density at radius 2 is 1.86 bits per heavy atom. The van der Waals surface area contributed by atoms with E-state index in [4.69, 9.17) is 5.11 Å². The summed E-state index contributed by atoms with van der Waals surface area (Å²) in [6, 6.07) is 8.58. The van der Waals surface area contributed by atoms with E-state index >= 15 is 0 Å². The maximum absolute atomic E-state index is 11.5. The first kappa shape index (κ1) is 13.0. The standard InChI is InChI=1S/C14H11N3O4/c18-11-6-17(7-12(19)16-11)13-9-4-2-1-3-8(9)5-10(15-13)14(20)21/h1-5H,6-7H2,(H,20,21)(H,16,18,19). The molecule has 2 heterocycles. The predicted octanol–water partition coefficient (Wildman–Crippen LogP) is 0.396. The molecule has 2 aromatic rings. The van der Waals surface area contributed by atoms with E-state index in [9.17, 15) is 14.4 Å². The van der Waals surface area contributed by atoms with Crippen molar-refractivity contribution in [2.45, 2.75) is 0 Å². The minimum Gasteiger partial charge on any atom is -0.477 e. The Labute approximate surface area is 119 Å². The summed E-state index contributed by atoms with van der Waals surface area (Å²) in [5.41, 5.74) is -0.123. The lowest BCUT2D eigenvalue weighted by Gasteiger charge is -2.27. The number of piperazine rings is 1. The number of aromatic nitrogens is 1. The van der Waals surface area contributed by atoms with Crippen molar-refractivity contribution in [3.8, 4) is 0 Å². The van der Waals surface area contributed by atoms with Gasteiger partial charge in [-0.15, -0.1) is 0 Å². The molecule has 0 spiro atoms. The molecule has 1 aliphatic rings. The fraction of sp³-hybridized carbons (Fsp3) is 0.143. The lowest BCUT2D eigenvalue weighted by Crippen LogP contribution is -2.51. The fourth-order valence-corrected chi connectivity index (χ4v) is 2.32. The van der Waals surface area contributed by atoms with Crippen LogP contribution in [0, 0.1) is 0 Å². The monoisotopic (exact) mass is 285 g/mol. The van der Waals surface area contributed by atoms with E-state index in [-0.39, 0.29) is 18.8 Å². The van der Waals surface area contributed by atoms with Crippen LogP contribution in [0.5, 0.6) is 0 Å². The molecule has 1 aromatic carbocycles. The van der Waals surface area contributed by atoms with E-state index in [0.717, 1.165) is 0 Å². The number of rotatable bonds is 2. The smallest absolute Gasteiger partial charge is 0.354 e. The van der Waals surface area contributed by atoms with Crippen LogP contribution < -0.4 is 10.2 Å². The molecule has 1 aromatic heterocycles. The SMILES string of the molecule is O=C1CN(c2nc(C(=O)O)cc3ccccc23)CC(=O)N1. The second-order valence-electron chi connectivity index (χ2n) is 4.68. The van der Waals surface area contributed by atoms with Crippen LogP contribution in [0.4, 0.5) is 5.82 Å². The van der Waals surface area contributed by atoms with Crippen LogP contribution in [0.25, 0.3) is 10.8 Å². The molecule has 3 rings (SSSR count). The molecule has 0 atom stereocenters. The van der Waals surface area contributed by atoms with Gasteiger partial charge in [-0.1, -0.05) is 24.3 Å². The number of aromatic carboxylic acids is 1. The lowest BCUT2D eigenvalue weighted by atomic mass is 10.1. The summed E-state index contributed by atoms with van der Waals surface area (Å²) in [5, 5.41) is 12.7. The van der Waals surface area contributed by atoms with Gasteiger partial charge in [0.1, 0.15) is 5.82 Å². The molecule has 2 amide bonds. The topological polar surface area (TPSA) is 99.6 Å². The fourth-order valence-electron chi connectivity index (χ4n) is 2.32. The van der Waals surface area contributed by atoms with Crippen molar-refractivity contribution in [1.29, 1.82) is 0 Å². The molecule has 106 valence electrons. The van der Waals surface area contributed by atoms with E-state index < -0.39 is 17.8 Å². The second kappa shape index (κ2) is 4.86. The van der Waals surface area contributed by atoms with E-state index in [1.54, 1.807) is 24.3 Å². The molecule has 7 nitrogen and oxygen atoms in total. The number of nitrogens with zero attached hydrogens (tertiary/aromatic N) is 2. The number of imide groups is 1. The third-order valence-electron chi connectivity index (χ3n) is 3.19. The summed E-state index contributed by atoms with van der Waals surface area (Å²) in [7, 11) is 0. The Morgan fingerprint density at radius 1 is 1.19 bits per heavy atom. The number of fused-ring (bicyclic) bond motifs is 1. The first-order valence-electron chi connectivity index (χ1n) is 6.25. The van der Waals surface area contributed by atoms with Crippen molar-refractivity contribution in [2.24, 2.45) is 0 Å². The van der Waals surface area contributed by atoms with Gasteiger partial charge in [-0.25, -0.2) is 9.78 Å². The number of benzene rings is 1. The zero-order valence-electron chi connectivity index (χ0n) is 10.9. The lowest BCUT2D eigenvalue weighted by molar-refractivity contribution is -0.130. The summed E-state index contributed by atoms with van der Waals surface area (Å²) in [4.78, 5) is 39.7. The molecule has 7 heteroatoms. The average Bonchev–Trinajstić information content (AvgIpc) is 2.45. The van der Waals surface area contributed by atoms with Gasteiger partial charge < -0.3 is 10.0 Å². The third kappa shape index (κ3) is 2.40. The molecule has 1 aliphatic heterocycles. The van der Waals surface area contributed by atoms with Gasteiger partial charge in [0.15, 0.2) is 5.69 Å². The number of anilines is 1. The number of amides is 2. The Hall–Kier alpha value is -2.96. The van der Waals surface area contributed by atoms with Crippen LogP contribution in [-0.4, -0.2) is 41.0 Å². The average molecular weight is 285 g/mol. The number of carboxylic acids is 1. The zero-order chi connectivity index (χ0) is 15.0. The Kier molecular flexibility index (Phi) is 3.02. The normalized spacial score (nSPS) is 15.1. The highest BCUT2D eigenvalue weighted by molar-refractivity contribution is 6.05. The highest BCUT2D eigenvalue weighted by atomic mass is 16.4. The summed E-state index contributed by atoms with van der Waals surface area (Å²) in [5.74, 6) is -1.70. The van der Waals surface area contributed by atoms with Gasteiger partial charge in [0.25, 0.3) is 0 Å². The van der Waals surface area contributed by atoms with Crippen molar-refractivity contribution in [3.63, 3.8) is 0 Å². The van der Waals surface area contributed by atoms with Crippen LogP contribution in [0.1, 0.15) is 10.5 Å². The van der Waals surface area contributed by atoms with Crippen molar-refractivity contribution in [3.05, 3.63) is 36.0 Å². The molecule has 0 saturated carbocycles. The van der Waals surface area contributed by atoms with Crippen LogP contribution in [0.3, 0.4) is 0 Å². The molecule has 0 radical (unpaired) electrons. The van der Waals surface area contributed by atoms with Crippen molar-refractivity contribution in [1.82, 2.24) is 10.3 Å². The molecule has 0 unspecified atom stereocenters. The van der Waals surface area contributed by atoms with Crippen LogP contribution in [-0.2, 0) is 9.59 Å².